The number of imidazole rings is 2. The molecule has 0 spiro atoms. The summed E-state index contributed by atoms with van der Waals surface area (Å²) in [7, 11) is 0. The first-order chi connectivity index (χ1) is 15.4. The highest BCUT2D eigenvalue weighted by molar-refractivity contribution is 6.18. The Labute approximate surface area is 178 Å². The van der Waals surface area contributed by atoms with Crippen molar-refractivity contribution in [3.63, 3.8) is 0 Å². The van der Waals surface area contributed by atoms with Crippen molar-refractivity contribution in [1.29, 1.82) is 0 Å². The van der Waals surface area contributed by atoms with Crippen molar-refractivity contribution in [2.75, 3.05) is 0 Å². The largest absolute Gasteiger partial charge is 0.277 e. The van der Waals surface area contributed by atoms with Crippen LogP contribution in [0.3, 0.4) is 0 Å². The highest BCUT2D eigenvalue weighted by Gasteiger charge is 2.24. The van der Waals surface area contributed by atoms with E-state index in [1.807, 2.05) is 0 Å². The predicted molar refractivity (Wildman–Crippen MR) is 129 cm³/mol. The second-order valence-electron chi connectivity index (χ2n) is 9.21. The van der Waals surface area contributed by atoms with E-state index >= 15 is 0 Å². The van der Waals surface area contributed by atoms with Gasteiger partial charge in [0.25, 0.3) is 0 Å². The molecule has 0 aliphatic heterocycles. The van der Waals surface area contributed by atoms with Gasteiger partial charge in [-0.05, 0) is 71.5 Å². The first-order valence-electron chi connectivity index (χ1n) is 11.4. The number of rotatable bonds is 1. The molecule has 7 aromatic rings. The average Bonchev–Trinajstić information content (AvgIpc) is 3.57. The van der Waals surface area contributed by atoms with Gasteiger partial charge in [-0.3, -0.25) is 8.80 Å². The van der Waals surface area contributed by atoms with Gasteiger partial charge in [-0.1, -0.05) is 49.2 Å². The summed E-state index contributed by atoms with van der Waals surface area (Å²) in [6.07, 6.45) is 5.32. The lowest BCUT2D eigenvalue weighted by Crippen LogP contribution is -1.93. The van der Waals surface area contributed by atoms with Crippen LogP contribution in [0.4, 0.5) is 0 Å². The minimum absolute atomic E-state index is 0.679. The number of fused-ring (bicyclic) bond motifs is 9. The summed E-state index contributed by atoms with van der Waals surface area (Å²) < 4.78 is 4.77. The van der Waals surface area contributed by atoms with Gasteiger partial charge in [0, 0.05) is 10.8 Å². The third kappa shape index (κ3) is 1.97. The summed E-state index contributed by atoms with van der Waals surface area (Å²) >= 11 is 0. The Hall–Kier alpha value is -3.59. The molecule has 3 heterocycles. The van der Waals surface area contributed by atoms with Gasteiger partial charge >= 0.3 is 0 Å². The van der Waals surface area contributed by atoms with Gasteiger partial charge in [-0.2, -0.15) is 0 Å². The summed E-state index contributed by atoms with van der Waals surface area (Å²) in [6.45, 7) is 0. The second-order valence-corrected chi connectivity index (χ2v) is 9.21. The number of nitrogens with zero attached hydrogens (tertiary/aromatic N) is 3. The minimum atomic E-state index is 0.679. The Morgan fingerprint density at radius 3 is 2.32 bits per heavy atom. The first-order valence-corrected chi connectivity index (χ1v) is 11.4. The lowest BCUT2D eigenvalue weighted by atomic mass is 9.95. The van der Waals surface area contributed by atoms with Crippen LogP contribution in [0.15, 0.2) is 72.8 Å². The number of hydrogen-bond donors (Lipinski definition) is 0. The van der Waals surface area contributed by atoms with Crippen LogP contribution in [-0.4, -0.2) is 13.8 Å². The number of benzene rings is 4. The third-order valence-corrected chi connectivity index (χ3v) is 7.54. The molecule has 31 heavy (non-hydrogen) atoms. The molecule has 1 aliphatic carbocycles. The van der Waals surface area contributed by atoms with Crippen molar-refractivity contribution in [3.05, 3.63) is 78.4 Å². The van der Waals surface area contributed by atoms with Gasteiger partial charge < -0.3 is 0 Å². The van der Waals surface area contributed by atoms with E-state index in [-0.39, 0.29) is 0 Å². The van der Waals surface area contributed by atoms with E-state index in [4.69, 9.17) is 4.98 Å². The Morgan fingerprint density at radius 1 is 0.677 bits per heavy atom. The Morgan fingerprint density at radius 2 is 1.45 bits per heavy atom. The average molecular weight is 399 g/mol. The summed E-state index contributed by atoms with van der Waals surface area (Å²) in [5.74, 6) is 1.70. The SMILES string of the molecule is c1ccc2cc3c(cc2c1)c1cc(C2CCCC2)cc2c1n3c1nc3ccccc3n21. The van der Waals surface area contributed by atoms with Crippen LogP contribution in [0.1, 0.15) is 37.2 Å². The van der Waals surface area contributed by atoms with Crippen LogP contribution in [0.25, 0.3) is 54.9 Å². The molecule has 3 aromatic heterocycles. The van der Waals surface area contributed by atoms with Crippen molar-refractivity contribution in [2.24, 2.45) is 0 Å². The molecule has 4 aromatic carbocycles. The lowest BCUT2D eigenvalue weighted by molar-refractivity contribution is 0.725. The molecule has 0 saturated heterocycles. The maximum atomic E-state index is 5.09. The van der Waals surface area contributed by atoms with Crippen LogP contribution in [0, 0.1) is 0 Å². The summed E-state index contributed by atoms with van der Waals surface area (Å²) in [5, 5.41) is 5.29. The van der Waals surface area contributed by atoms with E-state index < -0.39 is 0 Å². The Balaban J connectivity index is 1.65. The van der Waals surface area contributed by atoms with E-state index in [0.717, 1.165) is 11.3 Å². The molecule has 8 rings (SSSR count). The van der Waals surface area contributed by atoms with Crippen LogP contribution in [0.5, 0.6) is 0 Å². The van der Waals surface area contributed by atoms with Gasteiger partial charge in [-0.15, -0.1) is 0 Å². The fourth-order valence-electron chi connectivity index (χ4n) is 6.10. The molecular weight excluding hydrogens is 378 g/mol. The molecule has 0 unspecified atom stereocenters. The maximum Gasteiger partial charge on any atom is 0.220 e. The topological polar surface area (TPSA) is 21.7 Å². The molecule has 0 amide bonds. The van der Waals surface area contributed by atoms with E-state index in [1.54, 1.807) is 0 Å². The zero-order valence-corrected chi connectivity index (χ0v) is 17.2. The first kappa shape index (κ1) is 16.1. The van der Waals surface area contributed by atoms with E-state index in [2.05, 4.69) is 81.6 Å². The molecule has 3 nitrogen and oxygen atoms in total. The minimum Gasteiger partial charge on any atom is -0.277 e. The van der Waals surface area contributed by atoms with E-state index in [1.165, 1.54) is 74.9 Å². The molecule has 148 valence electrons. The fourth-order valence-corrected chi connectivity index (χ4v) is 6.10. The summed E-state index contributed by atoms with van der Waals surface area (Å²) in [5.41, 5.74) is 7.61. The van der Waals surface area contributed by atoms with Gasteiger partial charge in [-0.25, -0.2) is 4.98 Å². The molecule has 0 bridgehead atoms. The smallest absolute Gasteiger partial charge is 0.220 e. The summed E-state index contributed by atoms with van der Waals surface area (Å²) in [6, 6.07) is 26.9. The molecule has 1 fully saturated rings. The Kier molecular flexibility index (Phi) is 2.89. The van der Waals surface area contributed by atoms with Crippen LogP contribution < -0.4 is 0 Å². The fraction of sp³-hybridized carbons (Fsp3) is 0.179. The van der Waals surface area contributed by atoms with Crippen molar-refractivity contribution < 1.29 is 0 Å². The monoisotopic (exact) mass is 399 g/mol. The zero-order valence-electron chi connectivity index (χ0n) is 17.2. The number of para-hydroxylation sites is 2. The molecule has 1 saturated carbocycles. The highest BCUT2D eigenvalue weighted by atomic mass is 15.2. The van der Waals surface area contributed by atoms with Gasteiger partial charge in [0.1, 0.15) is 0 Å². The zero-order chi connectivity index (χ0) is 20.1. The second kappa shape index (κ2) is 5.55. The van der Waals surface area contributed by atoms with Crippen molar-refractivity contribution in [3.8, 4) is 0 Å². The number of aromatic nitrogens is 3. The van der Waals surface area contributed by atoms with Gasteiger partial charge in [0.2, 0.25) is 5.78 Å². The number of hydrogen-bond acceptors (Lipinski definition) is 1. The van der Waals surface area contributed by atoms with Crippen molar-refractivity contribution >= 4 is 54.9 Å². The van der Waals surface area contributed by atoms with Crippen LogP contribution in [-0.2, 0) is 0 Å². The molecule has 0 radical (unpaired) electrons. The Bertz CT molecular complexity index is 1790. The summed E-state index contributed by atoms with van der Waals surface area (Å²) in [4.78, 5) is 5.09. The van der Waals surface area contributed by atoms with Crippen LogP contribution in [0.2, 0.25) is 0 Å². The van der Waals surface area contributed by atoms with Crippen molar-refractivity contribution in [1.82, 2.24) is 13.8 Å². The third-order valence-electron chi connectivity index (χ3n) is 7.54. The van der Waals surface area contributed by atoms with Gasteiger partial charge in [0.05, 0.1) is 27.6 Å². The standard InChI is InChI=1S/C28H21N3/c1-2-8-17(7-1)20-14-22-21-13-18-9-3-4-10-19(18)15-25(21)31-27(22)26(16-20)30-24-12-6-5-11-23(24)29-28(30)31/h3-6,9-17H,1-2,7-8H2. The van der Waals surface area contributed by atoms with Crippen LogP contribution >= 0.6 is 0 Å². The quantitative estimate of drug-likeness (QED) is 0.284. The molecule has 1 aliphatic rings. The molecule has 3 heteroatoms. The van der Waals surface area contributed by atoms with Crippen molar-refractivity contribution in [2.45, 2.75) is 31.6 Å². The molecular formula is C28H21N3. The van der Waals surface area contributed by atoms with Gasteiger partial charge in [0.15, 0.2) is 0 Å². The lowest BCUT2D eigenvalue weighted by Gasteiger charge is -2.10. The molecule has 0 N–H and O–H groups in total. The highest BCUT2D eigenvalue weighted by Crippen LogP contribution is 2.42. The predicted octanol–water partition coefficient (Wildman–Crippen LogP) is 7.30. The normalized spacial score (nSPS) is 15.7. The van der Waals surface area contributed by atoms with E-state index in [0.29, 0.717) is 5.92 Å². The maximum absolute atomic E-state index is 5.09. The molecule has 0 atom stereocenters. The van der Waals surface area contributed by atoms with E-state index in [9.17, 15) is 0 Å².